The van der Waals surface area contributed by atoms with Crippen LogP contribution in [0.5, 0.6) is 0 Å². The molecule has 1 unspecified atom stereocenters. The SMILES string of the molecule is Cc1ccccc1C(C)NCc1ncccn1. The summed E-state index contributed by atoms with van der Waals surface area (Å²) in [5.74, 6) is 0.827. The molecule has 1 atom stereocenters. The van der Waals surface area contributed by atoms with Gasteiger partial charge in [-0.1, -0.05) is 24.3 Å². The number of hydrogen-bond acceptors (Lipinski definition) is 3. The molecule has 0 saturated carbocycles. The Morgan fingerprint density at radius 3 is 2.53 bits per heavy atom. The van der Waals surface area contributed by atoms with E-state index in [1.165, 1.54) is 11.1 Å². The van der Waals surface area contributed by atoms with Crippen LogP contribution in [0.2, 0.25) is 0 Å². The van der Waals surface area contributed by atoms with E-state index in [0.29, 0.717) is 12.6 Å². The van der Waals surface area contributed by atoms with E-state index in [-0.39, 0.29) is 0 Å². The summed E-state index contributed by atoms with van der Waals surface area (Å²) >= 11 is 0. The number of nitrogens with one attached hydrogen (secondary N) is 1. The molecule has 0 fully saturated rings. The molecule has 0 amide bonds. The van der Waals surface area contributed by atoms with Gasteiger partial charge < -0.3 is 5.32 Å². The average molecular weight is 227 g/mol. The number of benzene rings is 1. The molecule has 1 aromatic heterocycles. The second-order valence-electron chi connectivity index (χ2n) is 4.12. The molecule has 1 heterocycles. The first-order valence-electron chi connectivity index (χ1n) is 5.82. The predicted molar refractivity (Wildman–Crippen MR) is 68.5 cm³/mol. The van der Waals surface area contributed by atoms with Gasteiger partial charge in [0.15, 0.2) is 0 Å². The quantitative estimate of drug-likeness (QED) is 0.872. The maximum absolute atomic E-state index is 4.19. The van der Waals surface area contributed by atoms with Crippen molar-refractivity contribution in [2.75, 3.05) is 0 Å². The van der Waals surface area contributed by atoms with E-state index in [1.54, 1.807) is 12.4 Å². The van der Waals surface area contributed by atoms with Gasteiger partial charge in [-0.15, -0.1) is 0 Å². The Hall–Kier alpha value is -1.74. The molecule has 0 saturated heterocycles. The van der Waals surface area contributed by atoms with Crippen molar-refractivity contribution in [3.63, 3.8) is 0 Å². The Morgan fingerprint density at radius 2 is 1.82 bits per heavy atom. The summed E-state index contributed by atoms with van der Waals surface area (Å²) in [6.45, 7) is 4.98. The highest BCUT2D eigenvalue weighted by Crippen LogP contribution is 2.16. The summed E-state index contributed by atoms with van der Waals surface area (Å²) in [5, 5.41) is 3.43. The number of aryl methyl sites for hydroxylation is 1. The molecule has 0 radical (unpaired) electrons. The predicted octanol–water partition coefficient (Wildman–Crippen LogP) is 2.64. The summed E-state index contributed by atoms with van der Waals surface area (Å²) in [6.07, 6.45) is 3.53. The fourth-order valence-electron chi connectivity index (χ4n) is 1.85. The smallest absolute Gasteiger partial charge is 0.141 e. The van der Waals surface area contributed by atoms with Gasteiger partial charge in [-0.3, -0.25) is 0 Å². The highest BCUT2D eigenvalue weighted by Gasteiger charge is 2.07. The molecule has 0 aliphatic heterocycles. The zero-order chi connectivity index (χ0) is 12.1. The van der Waals surface area contributed by atoms with Crippen molar-refractivity contribution in [2.24, 2.45) is 0 Å². The molecule has 88 valence electrons. The van der Waals surface area contributed by atoms with Gasteiger partial charge >= 0.3 is 0 Å². The molecule has 17 heavy (non-hydrogen) atoms. The van der Waals surface area contributed by atoms with Crippen molar-refractivity contribution in [1.82, 2.24) is 15.3 Å². The summed E-state index contributed by atoms with van der Waals surface area (Å²) in [7, 11) is 0. The van der Waals surface area contributed by atoms with Gasteiger partial charge in [-0.2, -0.15) is 0 Å². The number of nitrogens with zero attached hydrogens (tertiary/aromatic N) is 2. The Morgan fingerprint density at radius 1 is 1.12 bits per heavy atom. The van der Waals surface area contributed by atoms with Gasteiger partial charge in [0.05, 0.1) is 6.54 Å². The van der Waals surface area contributed by atoms with Gasteiger partial charge in [0, 0.05) is 18.4 Å². The molecule has 0 aliphatic rings. The summed E-state index contributed by atoms with van der Waals surface area (Å²) in [6, 6.07) is 10.5. The third-order valence-corrected chi connectivity index (χ3v) is 2.84. The highest BCUT2D eigenvalue weighted by atomic mass is 15.0. The Labute approximate surface area is 102 Å². The topological polar surface area (TPSA) is 37.8 Å². The first-order chi connectivity index (χ1) is 8.27. The van der Waals surface area contributed by atoms with Crippen molar-refractivity contribution in [3.8, 4) is 0 Å². The van der Waals surface area contributed by atoms with Crippen LogP contribution >= 0.6 is 0 Å². The second kappa shape index (κ2) is 5.55. The van der Waals surface area contributed by atoms with E-state index in [9.17, 15) is 0 Å². The zero-order valence-electron chi connectivity index (χ0n) is 10.2. The Kier molecular flexibility index (Phi) is 3.83. The molecule has 2 aromatic rings. The molecule has 1 aromatic carbocycles. The van der Waals surface area contributed by atoms with Crippen LogP contribution in [0, 0.1) is 6.92 Å². The van der Waals surface area contributed by atoms with Crippen molar-refractivity contribution in [1.29, 1.82) is 0 Å². The van der Waals surface area contributed by atoms with E-state index in [4.69, 9.17) is 0 Å². The van der Waals surface area contributed by atoms with E-state index >= 15 is 0 Å². The third-order valence-electron chi connectivity index (χ3n) is 2.84. The molecule has 0 aliphatic carbocycles. The second-order valence-corrected chi connectivity index (χ2v) is 4.12. The molecule has 3 nitrogen and oxygen atoms in total. The summed E-state index contributed by atoms with van der Waals surface area (Å²) in [4.78, 5) is 8.39. The van der Waals surface area contributed by atoms with Gasteiger partial charge in [0.25, 0.3) is 0 Å². The first-order valence-corrected chi connectivity index (χ1v) is 5.82. The number of aromatic nitrogens is 2. The Balaban J connectivity index is 1.99. The van der Waals surface area contributed by atoms with Crippen molar-refractivity contribution >= 4 is 0 Å². The van der Waals surface area contributed by atoms with E-state index < -0.39 is 0 Å². The molecule has 0 spiro atoms. The summed E-state index contributed by atoms with van der Waals surface area (Å²) in [5.41, 5.74) is 2.63. The first kappa shape index (κ1) is 11.7. The van der Waals surface area contributed by atoms with Crippen LogP contribution in [0.25, 0.3) is 0 Å². The third kappa shape index (κ3) is 3.11. The fourth-order valence-corrected chi connectivity index (χ4v) is 1.85. The lowest BCUT2D eigenvalue weighted by atomic mass is 10.0. The number of rotatable bonds is 4. The van der Waals surface area contributed by atoms with Gasteiger partial charge in [-0.25, -0.2) is 9.97 Å². The van der Waals surface area contributed by atoms with Crippen molar-refractivity contribution < 1.29 is 0 Å². The van der Waals surface area contributed by atoms with E-state index in [1.807, 2.05) is 6.07 Å². The molecule has 0 bridgehead atoms. The van der Waals surface area contributed by atoms with Crippen LogP contribution in [0.1, 0.15) is 29.9 Å². The van der Waals surface area contributed by atoms with Gasteiger partial charge in [-0.05, 0) is 31.0 Å². The molecule has 2 rings (SSSR count). The lowest BCUT2D eigenvalue weighted by Gasteiger charge is -2.15. The molecule has 1 N–H and O–H groups in total. The van der Waals surface area contributed by atoms with Gasteiger partial charge in [0.1, 0.15) is 5.82 Å². The lowest BCUT2D eigenvalue weighted by Crippen LogP contribution is -2.20. The van der Waals surface area contributed by atoms with Crippen molar-refractivity contribution in [2.45, 2.75) is 26.4 Å². The minimum atomic E-state index is 0.306. The number of hydrogen-bond donors (Lipinski definition) is 1. The summed E-state index contributed by atoms with van der Waals surface area (Å²) < 4.78 is 0. The van der Waals surface area contributed by atoms with Crippen LogP contribution in [-0.4, -0.2) is 9.97 Å². The van der Waals surface area contributed by atoms with Crippen LogP contribution < -0.4 is 5.32 Å². The lowest BCUT2D eigenvalue weighted by molar-refractivity contribution is 0.557. The minimum absolute atomic E-state index is 0.306. The average Bonchev–Trinajstić information content (AvgIpc) is 2.38. The molecular formula is C14H17N3. The normalized spacial score (nSPS) is 12.4. The van der Waals surface area contributed by atoms with E-state index in [0.717, 1.165) is 5.82 Å². The van der Waals surface area contributed by atoms with Gasteiger partial charge in [0.2, 0.25) is 0 Å². The monoisotopic (exact) mass is 227 g/mol. The maximum atomic E-state index is 4.19. The largest absolute Gasteiger partial charge is 0.303 e. The minimum Gasteiger partial charge on any atom is -0.303 e. The maximum Gasteiger partial charge on any atom is 0.141 e. The zero-order valence-corrected chi connectivity index (χ0v) is 10.2. The molecule has 3 heteroatoms. The van der Waals surface area contributed by atoms with Crippen molar-refractivity contribution in [3.05, 3.63) is 59.7 Å². The van der Waals surface area contributed by atoms with Crippen LogP contribution in [-0.2, 0) is 6.54 Å². The van der Waals surface area contributed by atoms with E-state index in [2.05, 4.69) is 53.4 Å². The molecular weight excluding hydrogens is 210 g/mol. The highest BCUT2D eigenvalue weighted by molar-refractivity contribution is 5.28. The standard InChI is InChI=1S/C14H17N3/c1-11-6-3-4-7-13(11)12(2)17-10-14-15-8-5-9-16-14/h3-9,12,17H,10H2,1-2H3. The fraction of sp³-hybridized carbons (Fsp3) is 0.286. The van der Waals surface area contributed by atoms with Crippen LogP contribution in [0.15, 0.2) is 42.7 Å². The van der Waals surface area contributed by atoms with Crippen LogP contribution in [0.4, 0.5) is 0 Å². The van der Waals surface area contributed by atoms with Crippen LogP contribution in [0.3, 0.4) is 0 Å². The Bertz CT molecular complexity index is 468.